The molecule has 0 saturated carbocycles. The van der Waals surface area contributed by atoms with Gasteiger partial charge in [-0.25, -0.2) is 4.79 Å². The van der Waals surface area contributed by atoms with Gasteiger partial charge in [0.05, 0.1) is 13.1 Å². The molecule has 0 bridgehead atoms. The Balaban J connectivity index is 1.46. The van der Waals surface area contributed by atoms with Crippen molar-refractivity contribution in [2.75, 3.05) is 13.1 Å². The van der Waals surface area contributed by atoms with Crippen molar-refractivity contribution >= 4 is 11.0 Å². The van der Waals surface area contributed by atoms with Crippen molar-refractivity contribution in [1.82, 2.24) is 0 Å². The summed E-state index contributed by atoms with van der Waals surface area (Å²) in [6, 6.07) is 15.5. The molecule has 0 spiro atoms. The highest BCUT2D eigenvalue weighted by Crippen LogP contribution is 2.24. The van der Waals surface area contributed by atoms with Gasteiger partial charge in [0.1, 0.15) is 12.1 Å². The number of rotatable bonds is 4. The van der Waals surface area contributed by atoms with E-state index in [9.17, 15) is 9.90 Å². The molecule has 1 saturated heterocycles. The van der Waals surface area contributed by atoms with Gasteiger partial charge in [-0.3, -0.25) is 0 Å². The monoisotopic (exact) mass is 363 g/mol. The Labute approximate surface area is 159 Å². The van der Waals surface area contributed by atoms with Crippen molar-refractivity contribution in [2.45, 2.75) is 32.7 Å². The predicted octanol–water partition coefficient (Wildman–Crippen LogP) is 2.21. The number of benzene rings is 2. The van der Waals surface area contributed by atoms with Crippen LogP contribution in [0.3, 0.4) is 0 Å². The molecule has 2 heterocycles. The van der Waals surface area contributed by atoms with E-state index in [1.54, 1.807) is 25.1 Å². The van der Waals surface area contributed by atoms with E-state index in [0.29, 0.717) is 11.1 Å². The SMILES string of the molecule is Cc1cc2oc(=O)cc(C[NH+]3CCC(Cc4ccccc4)CC3)c2cc1[O-]. The lowest BCUT2D eigenvalue weighted by Crippen LogP contribution is -3.11. The van der Waals surface area contributed by atoms with Crippen molar-refractivity contribution in [3.8, 4) is 5.75 Å². The first-order valence-corrected chi connectivity index (χ1v) is 9.70. The smallest absolute Gasteiger partial charge is 0.336 e. The van der Waals surface area contributed by atoms with Crippen LogP contribution in [0.25, 0.3) is 11.0 Å². The summed E-state index contributed by atoms with van der Waals surface area (Å²) >= 11 is 0. The van der Waals surface area contributed by atoms with Crippen LogP contribution in [0.15, 0.2) is 57.7 Å². The van der Waals surface area contributed by atoms with Crippen LogP contribution in [0, 0.1) is 12.8 Å². The Morgan fingerprint density at radius 1 is 1.11 bits per heavy atom. The molecule has 3 aromatic rings. The summed E-state index contributed by atoms with van der Waals surface area (Å²) in [6.07, 6.45) is 3.52. The summed E-state index contributed by atoms with van der Waals surface area (Å²) in [4.78, 5) is 13.4. The Morgan fingerprint density at radius 2 is 1.85 bits per heavy atom. The number of likely N-dealkylation sites (tertiary alicyclic amines) is 1. The minimum atomic E-state index is -0.339. The van der Waals surface area contributed by atoms with E-state index in [1.165, 1.54) is 23.3 Å². The molecule has 4 rings (SSSR count). The van der Waals surface area contributed by atoms with E-state index in [2.05, 4.69) is 30.3 Å². The fourth-order valence-corrected chi connectivity index (χ4v) is 4.18. The van der Waals surface area contributed by atoms with Crippen LogP contribution < -0.4 is 15.6 Å². The molecule has 4 nitrogen and oxygen atoms in total. The van der Waals surface area contributed by atoms with E-state index in [1.807, 2.05) is 0 Å². The van der Waals surface area contributed by atoms with Crippen LogP contribution >= 0.6 is 0 Å². The Hall–Kier alpha value is -2.59. The van der Waals surface area contributed by atoms with Crippen molar-refractivity contribution < 1.29 is 14.4 Å². The van der Waals surface area contributed by atoms with Gasteiger partial charge in [-0.1, -0.05) is 42.0 Å². The molecule has 0 atom stereocenters. The van der Waals surface area contributed by atoms with E-state index >= 15 is 0 Å². The van der Waals surface area contributed by atoms with Gasteiger partial charge in [-0.2, -0.15) is 0 Å². The first-order chi connectivity index (χ1) is 13.1. The maximum Gasteiger partial charge on any atom is 0.336 e. The highest BCUT2D eigenvalue weighted by atomic mass is 16.4. The van der Waals surface area contributed by atoms with Crippen molar-refractivity contribution in [3.63, 3.8) is 0 Å². The third kappa shape index (κ3) is 4.06. The van der Waals surface area contributed by atoms with Crippen LogP contribution in [0.4, 0.5) is 0 Å². The zero-order chi connectivity index (χ0) is 18.8. The molecule has 0 radical (unpaired) electrons. The third-order valence-electron chi connectivity index (χ3n) is 5.75. The topological polar surface area (TPSA) is 57.7 Å². The fraction of sp³-hybridized carbons (Fsp3) is 0.348. The minimum absolute atomic E-state index is 0.00540. The van der Waals surface area contributed by atoms with Crippen LogP contribution in [0.2, 0.25) is 0 Å². The Bertz CT molecular complexity index is 986. The molecule has 1 fully saturated rings. The average Bonchev–Trinajstić information content (AvgIpc) is 2.66. The highest BCUT2D eigenvalue weighted by molar-refractivity contribution is 5.82. The van der Waals surface area contributed by atoms with Gasteiger partial charge >= 0.3 is 5.63 Å². The number of hydrogen-bond donors (Lipinski definition) is 1. The molecular formula is C23H25NO3. The first-order valence-electron chi connectivity index (χ1n) is 9.70. The largest absolute Gasteiger partial charge is 0.872 e. The van der Waals surface area contributed by atoms with E-state index in [0.717, 1.165) is 42.9 Å². The van der Waals surface area contributed by atoms with Crippen LogP contribution in [0.5, 0.6) is 5.75 Å². The van der Waals surface area contributed by atoms with Gasteiger partial charge in [0.2, 0.25) is 0 Å². The molecule has 2 aromatic carbocycles. The van der Waals surface area contributed by atoms with Gasteiger partial charge in [0.25, 0.3) is 0 Å². The summed E-state index contributed by atoms with van der Waals surface area (Å²) in [6.45, 7) is 4.70. The molecule has 1 N–H and O–H groups in total. The van der Waals surface area contributed by atoms with Gasteiger partial charge in [0, 0.05) is 17.0 Å². The second-order valence-corrected chi connectivity index (χ2v) is 7.76. The summed E-state index contributed by atoms with van der Waals surface area (Å²) in [5.41, 5.74) is 3.13. The molecule has 1 aromatic heterocycles. The quantitative estimate of drug-likeness (QED) is 0.723. The van der Waals surface area contributed by atoms with Gasteiger partial charge in [0.15, 0.2) is 0 Å². The van der Waals surface area contributed by atoms with Crippen molar-refractivity contribution in [2.24, 2.45) is 5.92 Å². The number of hydrogen-bond acceptors (Lipinski definition) is 3. The van der Waals surface area contributed by atoms with Gasteiger partial charge < -0.3 is 14.4 Å². The average molecular weight is 363 g/mol. The maximum atomic E-state index is 12.1. The number of nitrogens with one attached hydrogen (secondary N) is 1. The molecular weight excluding hydrogens is 338 g/mol. The number of aryl methyl sites for hydroxylation is 1. The Kier molecular flexibility index (Phi) is 4.99. The molecule has 0 unspecified atom stereocenters. The zero-order valence-electron chi connectivity index (χ0n) is 15.7. The summed E-state index contributed by atoms with van der Waals surface area (Å²) in [5, 5.41) is 12.8. The lowest BCUT2D eigenvalue weighted by molar-refractivity contribution is -0.919. The molecule has 1 aliphatic rings. The summed E-state index contributed by atoms with van der Waals surface area (Å²) in [5.74, 6) is 0.721. The molecule has 4 heteroatoms. The maximum absolute atomic E-state index is 12.1. The lowest BCUT2D eigenvalue weighted by atomic mass is 9.90. The standard InChI is InChI=1S/C23H25NO3/c1-16-11-22-20(14-21(16)25)19(13-23(26)27-22)15-24-9-7-18(8-10-24)12-17-5-3-2-4-6-17/h2-6,11,13-14,18,25H,7-10,12,15H2,1H3. The normalized spacial score (nSPS) is 20.0. The molecule has 0 amide bonds. The molecule has 1 aliphatic heterocycles. The molecule has 0 aliphatic carbocycles. The third-order valence-corrected chi connectivity index (χ3v) is 5.75. The van der Waals surface area contributed by atoms with Crippen molar-refractivity contribution in [1.29, 1.82) is 0 Å². The lowest BCUT2D eigenvalue weighted by Gasteiger charge is -2.29. The number of quaternary nitrogens is 1. The van der Waals surface area contributed by atoms with Gasteiger partial charge in [-0.05, 0) is 43.7 Å². The van der Waals surface area contributed by atoms with Crippen LogP contribution in [0.1, 0.15) is 29.5 Å². The summed E-state index contributed by atoms with van der Waals surface area (Å²) in [7, 11) is 0. The van der Waals surface area contributed by atoms with Gasteiger partial charge in [-0.15, -0.1) is 5.75 Å². The molecule has 27 heavy (non-hydrogen) atoms. The van der Waals surface area contributed by atoms with E-state index in [4.69, 9.17) is 4.42 Å². The zero-order valence-corrected chi connectivity index (χ0v) is 15.7. The first kappa shape index (κ1) is 17.8. The Morgan fingerprint density at radius 3 is 2.59 bits per heavy atom. The molecule has 140 valence electrons. The second kappa shape index (κ2) is 7.57. The van der Waals surface area contributed by atoms with Crippen LogP contribution in [-0.4, -0.2) is 13.1 Å². The van der Waals surface area contributed by atoms with Crippen LogP contribution in [-0.2, 0) is 13.0 Å². The summed E-state index contributed by atoms with van der Waals surface area (Å²) < 4.78 is 5.31. The van der Waals surface area contributed by atoms with E-state index < -0.39 is 0 Å². The number of piperidine rings is 1. The number of fused-ring (bicyclic) bond motifs is 1. The van der Waals surface area contributed by atoms with Crippen molar-refractivity contribution in [3.05, 3.63) is 75.6 Å². The minimum Gasteiger partial charge on any atom is -0.872 e. The second-order valence-electron chi connectivity index (χ2n) is 7.76. The highest BCUT2D eigenvalue weighted by Gasteiger charge is 2.23. The van der Waals surface area contributed by atoms with E-state index in [-0.39, 0.29) is 11.4 Å². The fourth-order valence-electron chi connectivity index (χ4n) is 4.18. The predicted molar refractivity (Wildman–Crippen MR) is 104 cm³/mol.